The Bertz CT molecular complexity index is 426. The molecule has 0 spiro atoms. The lowest BCUT2D eigenvalue weighted by Gasteiger charge is -2.27. The summed E-state index contributed by atoms with van der Waals surface area (Å²) in [4.78, 5) is 11.3. The Kier molecular flexibility index (Phi) is 8.89. The summed E-state index contributed by atoms with van der Waals surface area (Å²) in [6.45, 7) is 4.79. The molecule has 0 aromatic heterocycles. The molecule has 0 saturated carbocycles. The number of carbonyl (C=O) groups excluding carboxylic acids is 1. The van der Waals surface area contributed by atoms with E-state index < -0.39 is 0 Å². The van der Waals surface area contributed by atoms with Crippen molar-refractivity contribution in [1.82, 2.24) is 5.06 Å². The predicted octanol–water partition coefficient (Wildman–Crippen LogP) is 2.80. The molecule has 2 rings (SSSR count). The molecule has 6 heteroatoms. The molecule has 0 aromatic carbocycles. The van der Waals surface area contributed by atoms with Gasteiger partial charge in [-0.25, -0.2) is 5.06 Å². The zero-order valence-electron chi connectivity index (χ0n) is 15.6. The number of ether oxygens (including phenoxy) is 3. The van der Waals surface area contributed by atoms with Crippen LogP contribution in [0.4, 0.5) is 0 Å². The maximum absolute atomic E-state index is 11.3. The van der Waals surface area contributed by atoms with Crippen LogP contribution in [-0.4, -0.2) is 61.9 Å². The standard InChI is InChI=1S/C19H33NO5/c1-3-4-5-11-24-14-16-15(17-8-9-18(16)25-17)10-13-23-12-6-7-19(21)20(2)22/h4-5,15-18,22H,3,6-14H2,1-2H3. The molecule has 0 radical (unpaired) electrons. The number of hydroxylamine groups is 2. The van der Waals surface area contributed by atoms with E-state index in [-0.39, 0.29) is 5.91 Å². The number of allylic oxidation sites excluding steroid dienone is 1. The first-order valence-electron chi connectivity index (χ1n) is 9.54. The van der Waals surface area contributed by atoms with E-state index in [4.69, 9.17) is 19.4 Å². The van der Waals surface area contributed by atoms with Crippen LogP contribution in [0.5, 0.6) is 0 Å². The van der Waals surface area contributed by atoms with Crippen LogP contribution in [0.15, 0.2) is 12.2 Å². The van der Waals surface area contributed by atoms with Crippen molar-refractivity contribution in [2.24, 2.45) is 11.8 Å². The summed E-state index contributed by atoms with van der Waals surface area (Å²) in [5.74, 6) is 0.709. The van der Waals surface area contributed by atoms with Crippen LogP contribution in [0, 0.1) is 11.8 Å². The fourth-order valence-electron chi connectivity index (χ4n) is 3.82. The molecular weight excluding hydrogens is 322 g/mol. The first-order valence-corrected chi connectivity index (χ1v) is 9.54. The fourth-order valence-corrected chi connectivity index (χ4v) is 3.82. The second kappa shape index (κ2) is 10.9. The van der Waals surface area contributed by atoms with E-state index in [9.17, 15) is 4.79 Å². The molecule has 1 amide bonds. The van der Waals surface area contributed by atoms with Gasteiger partial charge < -0.3 is 14.2 Å². The Morgan fingerprint density at radius 2 is 1.96 bits per heavy atom. The van der Waals surface area contributed by atoms with Crippen molar-refractivity contribution < 1.29 is 24.2 Å². The Morgan fingerprint density at radius 1 is 1.20 bits per heavy atom. The maximum atomic E-state index is 11.3. The summed E-state index contributed by atoms with van der Waals surface area (Å²) in [6.07, 6.45) is 10.2. The van der Waals surface area contributed by atoms with Crippen LogP contribution < -0.4 is 0 Å². The molecule has 6 nitrogen and oxygen atoms in total. The molecule has 2 saturated heterocycles. The zero-order chi connectivity index (χ0) is 18.1. The number of nitrogens with zero attached hydrogens (tertiary/aromatic N) is 1. The fraction of sp³-hybridized carbons (Fsp3) is 0.842. The molecule has 2 aliphatic heterocycles. The summed E-state index contributed by atoms with van der Waals surface area (Å²) >= 11 is 0. The van der Waals surface area contributed by atoms with Crippen molar-refractivity contribution in [2.75, 3.05) is 33.5 Å². The van der Waals surface area contributed by atoms with E-state index in [1.165, 1.54) is 7.05 Å². The van der Waals surface area contributed by atoms with E-state index in [2.05, 4.69) is 19.1 Å². The van der Waals surface area contributed by atoms with Gasteiger partial charge in [0.1, 0.15) is 0 Å². The highest BCUT2D eigenvalue weighted by Crippen LogP contribution is 2.45. The third-order valence-corrected chi connectivity index (χ3v) is 5.15. The zero-order valence-corrected chi connectivity index (χ0v) is 15.6. The van der Waals surface area contributed by atoms with Crippen molar-refractivity contribution in [1.29, 1.82) is 0 Å². The van der Waals surface area contributed by atoms with Gasteiger partial charge in [-0.1, -0.05) is 19.1 Å². The molecular formula is C19H33NO5. The summed E-state index contributed by atoms with van der Waals surface area (Å²) in [6, 6.07) is 0. The number of hydrogen-bond acceptors (Lipinski definition) is 5. The van der Waals surface area contributed by atoms with E-state index in [0.717, 1.165) is 32.3 Å². The predicted molar refractivity (Wildman–Crippen MR) is 94.4 cm³/mol. The van der Waals surface area contributed by atoms with Crippen molar-refractivity contribution >= 4 is 5.91 Å². The lowest BCUT2D eigenvalue weighted by atomic mass is 9.78. The van der Waals surface area contributed by atoms with Gasteiger partial charge in [-0.3, -0.25) is 10.0 Å². The Hall–Kier alpha value is -0.950. The van der Waals surface area contributed by atoms with Gasteiger partial charge >= 0.3 is 0 Å². The van der Waals surface area contributed by atoms with Crippen LogP contribution in [0.1, 0.15) is 45.4 Å². The number of hydrogen-bond donors (Lipinski definition) is 1. The molecule has 2 heterocycles. The number of carbonyl (C=O) groups is 1. The first-order chi connectivity index (χ1) is 12.1. The summed E-state index contributed by atoms with van der Waals surface area (Å²) in [5.41, 5.74) is 0. The van der Waals surface area contributed by atoms with E-state index in [1.807, 2.05) is 0 Å². The van der Waals surface area contributed by atoms with Crippen LogP contribution in [0.25, 0.3) is 0 Å². The highest BCUT2D eigenvalue weighted by Gasteiger charge is 2.48. The molecule has 2 bridgehead atoms. The van der Waals surface area contributed by atoms with Gasteiger partial charge in [-0.05, 0) is 38.0 Å². The molecule has 2 aliphatic rings. The van der Waals surface area contributed by atoms with Crippen LogP contribution in [0.3, 0.4) is 0 Å². The highest BCUT2D eigenvalue weighted by molar-refractivity contribution is 5.74. The lowest BCUT2D eigenvalue weighted by molar-refractivity contribution is -0.159. The van der Waals surface area contributed by atoms with Gasteiger partial charge in [-0.15, -0.1) is 0 Å². The monoisotopic (exact) mass is 355 g/mol. The Balaban J connectivity index is 1.62. The quantitative estimate of drug-likeness (QED) is 0.252. The minimum absolute atomic E-state index is 0.278. The molecule has 4 unspecified atom stereocenters. The van der Waals surface area contributed by atoms with Gasteiger partial charge in [0, 0.05) is 32.6 Å². The van der Waals surface area contributed by atoms with Crippen molar-refractivity contribution in [2.45, 2.75) is 57.7 Å². The third-order valence-electron chi connectivity index (χ3n) is 5.15. The largest absolute Gasteiger partial charge is 0.381 e. The normalized spacial score (nSPS) is 28.1. The summed E-state index contributed by atoms with van der Waals surface area (Å²) in [7, 11) is 1.35. The minimum Gasteiger partial charge on any atom is -0.381 e. The second-order valence-corrected chi connectivity index (χ2v) is 6.96. The van der Waals surface area contributed by atoms with Gasteiger partial charge in [0.15, 0.2) is 0 Å². The third kappa shape index (κ3) is 6.37. The number of fused-ring (bicyclic) bond motifs is 2. The average molecular weight is 355 g/mol. The van der Waals surface area contributed by atoms with E-state index in [1.54, 1.807) is 0 Å². The average Bonchev–Trinajstić information content (AvgIpc) is 3.19. The SMILES string of the molecule is CCC=CCOCC1C2CCC(O2)C1CCOCCCC(=O)N(C)O. The van der Waals surface area contributed by atoms with Gasteiger partial charge in [0.25, 0.3) is 0 Å². The van der Waals surface area contributed by atoms with Crippen molar-refractivity contribution in [3.8, 4) is 0 Å². The van der Waals surface area contributed by atoms with Crippen molar-refractivity contribution in [3.05, 3.63) is 12.2 Å². The van der Waals surface area contributed by atoms with Crippen molar-refractivity contribution in [3.63, 3.8) is 0 Å². The topological polar surface area (TPSA) is 68.2 Å². The Morgan fingerprint density at radius 3 is 2.68 bits per heavy atom. The summed E-state index contributed by atoms with van der Waals surface area (Å²) in [5, 5.41) is 9.62. The Labute approximate surface area is 151 Å². The maximum Gasteiger partial charge on any atom is 0.245 e. The van der Waals surface area contributed by atoms with Crippen LogP contribution in [0.2, 0.25) is 0 Å². The van der Waals surface area contributed by atoms with Gasteiger partial charge in [0.05, 0.1) is 25.4 Å². The minimum atomic E-state index is -0.278. The molecule has 1 N–H and O–H groups in total. The lowest BCUT2D eigenvalue weighted by Crippen LogP contribution is -2.31. The molecule has 2 fully saturated rings. The number of rotatable bonds is 12. The van der Waals surface area contributed by atoms with Gasteiger partial charge in [0.2, 0.25) is 5.91 Å². The molecule has 144 valence electrons. The molecule has 0 aliphatic carbocycles. The number of amides is 1. The first kappa shape index (κ1) is 20.4. The van der Waals surface area contributed by atoms with Crippen LogP contribution >= 0.6 is 0 Å². The molecule has 4 atom stereocenters. The molecule has 25 heavy (non-hydrogen) atoms. The smallest absolute Gasteiger partial charge is 0.245 e. The van der Waals surface area contributed by atoms with E-state index in [0.29, 0.717) is 61.8 Å². The van der Waals surface area contributed by atoms with Crippen LogP contribution in [-0.2, 0) is 19.0 Å². The molecule has 0 aromatic rings. The van der Waals surface area contributed by atoms with E-state index >= 15 is 0 Å². The van der Waals surface area contributed by atoms with Gasteiger partial charge in [-0.2, -0.15) is 0 Å². The summed E-state index contributed by atoms with van der Waals surface area (Å²) < 4.78 is 17.6. The highest BCUT2D eigenvalue weighted by atomic mass is 16.5. The second-order valence-electron chi connectivity index (χ2n) is 6.96.